The topological polar surface area (TPSA) is 109 Å². The summed E-state index contributed by atoms with van der Waals surface area (Å²) in [5, 5.41) is 32.3. The van der Waals surface area contributed by atoms with Crippen molar-refractivity contribution in [2.45, 2.75) is 123 Å². The highest BCUT2D eigenvalue weighted by atomic mass is 16.7. The van der Waals surface area contributed by atoms with E-state index in [1.165, 1.54) is 6.42 Å². The summed E-state index contributed by atoms with van der Waals surface area (Å²) in [4.78, 5) is 13.3. The van der Waals surface area contributed by atoms with Gasteiger partial charge in [-0.15, -0.1) is 0 Å². The van der Waals surface area contributed by atoms with E-state index in [-0.39, 0.29) is 29.8 Å². The third-order valence-corrected chi connectivity index (χ3v) is 10.5. The Morgan fingerprint density at radius 3 is 2.62 bits per heavy atom. The highest BCUT2D eigenvalue weighted by Gasteiger charge is 2.85. The molecule has 7 nitrogen and oxygen atoms in total. The Morgan fingerprint density at radius 2 is 1.95 bits per heavy atom. The van der Waals surface area contributed by atoms with Gasteiger partial charge in [-0.3, -0.25) is 4.79 Å². The lowest BCUT2D eigenvalue weighted by Gasteiger charge is -2.54. The molecular formula is C30H50O7. The van der Waals surface area contributed by atoms with Crippen molar-refractivity contribution < 1.29 is 34.3 Å². The molecular weight excluding hydrogens is 472 g/mol. The number of aliphatic hydroxyl groups is 3. The Labute approximate surface area is 222 Å². The van der Waals surface area contributed by atoms with Gasteiger partial charge in [0.15, 0.2) is 5.79 Å². The van der Waals surface area contributed by atoms with Crippen LogP contribution in [0.4, 0.5) is 0 Å². The zero-order valence-corrected chi connectivity index (χ0v) is 23.7. The molecule has 2 saturated heterocycles. The maximum absolute atomic E-state index is 13.3. The number of unbranched alkanes of at least 4 members (excludes halogenated alkanes) is 3. The van der Waals surface area contributed by atoms with Gasteiger partial charge in [-0.25, -0.2) is 0 Å². The smallest absolute Gasteiger partial charge is 0.312 e. The molecule has 11 atom stereocenters. The van der Waals surface area contributed by atoms with Crippen LogP contribution in [0.2, 0.25) is 0 Å². The molecule has 2 saturated carbocycles. The summed E-state index contributed by atoms with van der Waals surface area (Å²) in [7, 11) is 0. The minimum absolute atomic E-state index is 0.00463. The molecule has 1 spiro atoms. The van der Waals surface area contributed by atoms with Crippen LogP contribution in [0.3, 0.4) is 0 Å². The van der Waals surface area contributed by atoms with E-state index in [2.05, 4.69) is 27.7 Å². The molecule has 2 aliphatic carbocycles. The molecule has 7 heteroatoms. The molecule has 0 radical (unpaired) electrons. The van der Waals surface area contributed by atoms with E-state index in [4.69, 9.17) is 14.2 Å². The van der Waals surface area contributed by atoms with Crippen LogP contribution in [0.25, 0.3) is 0 Å². The van der Waals surface area contributed by atoms with Gasteiger partial charge in [0.05, 0.1) is 18.6 Å². The van der Waals surface area contributed by atoms with Crippen LogP contribution in [-0.4, -0.2) is 64.2 Å². The van der Waals surface area contributed by atoms with E-state index in [0.29, 0.717) is 24.5 Å². The minimum Gasteiger partial charge on any atom is -0.459 e. The van der Waals surface area contributed by atoms with Crippen molar-refractivity contribution in [1.29, 1.82) is 0 Å². The lowest BCUT2D eigenvalue weighted by atomic mass is 9.50. The highest BCUT2D eigenvalue weighted by Crippen LogP contribution is 2.72. The lowest BCUT2D eigenvalue weighted by Crippen LogP contribution is -2.64. The molecule has 0 unspecified atom stereocenters. The number of epoxide rings is 1. The van der Waals surface area contributed by atoms with Gasteiger partial charge >= 0.3 is 5.97 Å². The highest BCUT2D eigenvalue weighted by molar-refractivity contribution is 5.73. The molecule has 0 aromatic rings. The maximum Gasteiger partial charge on any atom is 0.312 e. The van der Waals surface area contributed by atoms with Crippen molar-refractivity contribution in [1.82, 2.24) is 0 Å². The van der Waals surface area contributed by atoms with Crippen LogP contribution in [-0.2, 0) is 19.0 Å². The second kappa shape index (κ2) is 10.9. The minimum atomic E-state index is -1.33. The van der Waals surface area contributed by atoms with Crippen molar-refractivity contribution in [3.8, 4) is 0 Å². The van der Waals surface area contributed by atoms with Crippen molar-refractivity contribution in [3.63, 3.8) is 0 Å². The monoisotopic (exact) mass is 522 g/mol. The van der Waals surface area contributed by atoms with Gasteiger partial charge in [-0.2, -0.15) is 0 Å². The number of aliphatic hydroxyl groups excluding tert-OH is 2. The summed E-state index contributed by atoms with van der Waals surface area (Å²) in [5.41, 5.74) is -0.308. The van der Waals surface area contributed by atoms with Crippen molar-refractivity contribution >= 4 is 5.97 Å². The quantitative estimate of drug-likeness (QED) is 0.160. The van der Waals surface area contributed by atoms with Crippen LogP contribution in [0, 0.1) is 35.0 Å². The van der Waals surface area contributed by atoms with Crippen molar-refractivity contribution in [2.24, 2.45) is 35.0 Å². The second-order valence-electron chi connectivity index (χ2n) is 12.9. The summed E-state index contributed by atoms with van der Waals surface area (Å²) in [6.07, 6.45) is 7.66. The second-order valence-corrected chi connectivity index (χ2v) is 12.9. The number of ether oxygens (including phenoxy) is 3. The zero-order chi connectivity index (χ0) is 27.2. The first-order chi connectivity index (χ1) is 17.5. The summed E-state index contributed by atoms with van der Waals surface area (Å²) in [6.45, 7) is 12.8. The largest absolute Gasteiger partial charge is 0.459 e. The molecule has 3 N–H and O–H groups in total. The summed E-state index contributed by atoms with van der Waals surface area (Å²) in [5.74, 6) is -1.95. The van der Waals surface area contributed by atoms with Crippen LogP contribution >= 0.6 is 0 Å². The molecule has 0 aromatic heterocycles. The predicted molar refractivity (Wildman–Crippen MR) is 140 cm³/mol. The zero-order valence-electron chi connectivity index (χ0n) is 23.7. The SMILES string of the molecule is CCCCCC[C@@H](/C=C(\C)[C@@H](O)[C@@H](C)C(=O)O[C@@H]1CC[C@H](C)[C@@]2(C)C[C@H]3[C@H](C)CO[C@@]3(O)[C@H]3O[C@@]312)CO. The number of esters is 1. The molecule has 212 valence electrons. The molecule has 0 aromatic carbocycles. The molecule has 0 bridgehead atoms. The van der Waals surface area contributed by atoms with Gasteiger partial charge in [-0.05, 0) is 56.9 Å². The Kier molecular flexibility index (Phi) is 8.53. The Bertz CT molecular complexity index is 859. The van der Waals surface area contributed by atoms with Crippen molar-refractivity contribution in [3.05, 3.63) is 11.6 Å². The fourth-order valence-electron chi connectivity index (χ4n) is 7.70. The van der Waals surface area contributed by atoms with Crippen LogP contribution < -0.4 is 0 Å². The molecule has 0 amide bonds. The number of carbonyl (C=O) groups excluding carboxylic acids is 1. The van der Waals surface area contributed by atoms with E-state index in [9.17, 15) is 20.1 Å². The fourth-order valence-corrected chi connectivity index (χ4v) is 7.70. The predicted octanol–water partition coefficient (Wildman–Crippen LogP) is 4.37. The molecule has 4 fully saturated rings. The average Bonchev–Trinajstić information content (AvgIpc) is 3.59. The normalized spacial score (nSPS) is 43.3. The van der Waals surface area contributed by atoms with Gasteiger partial charge in [0.2, 0.25) is 0 Å². The van der Waals surface area contributed by atoms with Gasteiger partial charge in [0.1, 0.15) is 17.8 Å². The van der Waals surface area contributed by atoms with Crippen LogP contribution in [0.15, 0.2) is 11.6 Å². The number of hydrogen-bond acceptors (Lipinski definition) is 7. The van der Waals surface area contributed by atoms with E-state index >= 15 is 0 Å². The third-order valence-electron chi connectivity index (χ3n) is 10.5. The molecule has 4 rings (SSSR count). The van der Waals surface area contributed by atoms with Gasteiger partial charge in [0.25, 0.3) is 0 Å². The van der Waals surface area contributed by atoms with Gasteiger partial charge in [0, 0.05) is 23.9 Å². The third kappa shape index (κ3) is 4.82. The first-order valence-corrected chi connectivity index (χ1v) is 14.7. The average molecular weight is 523 g/mol. The van der Waals surface area contributed by atoms with Crippen LogP contribution in [0.1, 0.15) is 92.9 Å². The van der Waals surface area contributed by atoms with Crippen molar-refractivity contribution in [2.75, 3.05) is 13.2 Å². The summed E-state index contributed by atoms with van der Waals surface area (Å²) in [6, 6.07) is 0. The van der Waals surface area contributed by atoms with Gasteiger partial charge in [-0.1, -0.05) is 59.5 Å². The first-order valence-electron chi connectivity index (χ1n) is 14.7. The maximum atomic E-state index is 13.3. The van der Waals surface area contributed by atoms with E-state index in [1.807, 2.05) is 13.0 Å². The number of carbonyl (C=O) groups is 1. The Hall–Kier alpha value is -0.990. The summed E-state index contributed by atoms with van der Waals surface area (Å²) < 4.78 is 18.4. The van der Waals surface area contributed by atoms with E-state index in [0.717, 1.165) is 38.5 Å². The number of hydrogen-bond donors (Lipinski definition) is 3. The van der Waals surface area contributed by atoms with Crippen LogP contribution in [0.5, 0.6) is 0 Å². The van der Waals surface area contributed by atoms with Gasteiger partial charge < -0.3 is 29.5 Å². The van der Waals surface area contributed by atoms with E-state index in [1.54, 1.807) is 6.92 Å². The first kappa shape index (κ1) is 29.0. The number of rotatable bonds is 11. The molecule has 37 heavy (non-hydrogen) atoms. The Morgan fingerprint density at radius 1 is 1.22 bits per heavy atom. The lowest BCUT2D eigenvalue weighted by molar-refractivity contribution is -0.234. The number of fused-ring (bicyclic) bond motifs is 2. The molecule has 2 heterocycles. The van der Waals surface area contributed by atoms with E-state index < -0.39 is 41.6 Å². The Balaban J connectivity index is 1.44. The fraction of sp³-hybridized carbons (Fsp3) is 0.900. The molecule has 2 aliphatic heterocycles. The standard InChI is InChI=1S/C30H50O7/c1-7-8-9-10-11-22(16-31)14-18(2)25(32)21(5)26(33)36-24-13-12-20(4)28(6)15-23-19(3)17-35-30(23,34)27-29(24,28)37-27/h14,19-25,27,31-32,34H,7-13,15-17H2,1-6H3/b18-14+/t19-,20+,21-,22+,23+,24-,25-,27+,28-,29-,30-/m1/s1. The molecule has 4 aliphatic rings. The summed E-state index contributed by atoms with van der Waals surface area (Å²) >= 11 is 0.